The molecule has 4 nitrogen and oxygen atoms in total. The quantitative estimate of drug-likeness (QED) is 0.675. The molecule has 0 aliphatic carbocycles. The van der Waals surface area contributed by atoms with Crippen LogP contribution in [-0.4, -0.2) is 52.0 Å². The molecule has 0 amide bonds. The number of benzene rings is 1. The molecule has 18 heavy (non-hydrogen) atoms. The molecule has 0 fully saturated rings. The Labute approximate surface area is 110 Å². The molecule has 0 spiro atoms. The van der Waals surface area contributed by atoms with Crippen molar-refractivity contribution in [1.29, 1.82) is 0 Å². The van der Waals surface area contributed by atoms with E-state index < -0.39 is 0 Å². The molecule has 0 aliphatic heterocycles. The summed E-state index contributed by atoms with van der Waals surface area (Å²) in [6.45, 7) is 4.31. The minimum atomic E-state index is 0.744. The molecule has 0 saturated carbocycles. The van der Waals surface area contributed by atoms with Gasteiger partial charge in [-0.1, -0.05) is 18.2 Å². The zero-order valence-corrected chi connectivity index (χ0v) is 11.4. The summed E-state index contributed by atoms with van der Waals surface area (Å²) in [5.41, 5.74) is 8.02. The Morgan fingerprint density at radius 2 is 1.61 bits per heavy atom. The first-order valence-corrected chi connectivity index (χ1v) is 6.31. The van der Waals surface area contributed by atoms with Crippen molar-refractivity contribution in [3.05, 3.63) is 29.8 Å². The SMILES string of the molecule is COCCN(CCOC)CCc1ccccc1N. The fourth-order valence-corrected chi connectivity index (χ4v) is 1.82. The molecule has 0 bridgehead atoms. The van der Waals surface area contributed by atoms with Gasteiger partial charge in [0.25, 0.3) is 0 Å². The molecule has 0 saturated heterocycles. The van der Waals surface area contributed by atoms with E-state index in [9.17, 15) is 0 Å². The van der Waals surface area contributed by atoms with Gasteiger partial charge in [0.05, 0.1) is 13.2 Å². The van der Waals surface area contributed by atoms with Crippen molar-refractivity contribution in [3.63, 3.8) is 0 Å². The van der Waals surface area contributed by atoms with Crippen LogP contribution >= 0.6 is 0 Å². The molecule has 0 aromatic heterocycles. The number of hydrogen-bond acceptors (Lipinski definition) is 4. The van der Waals surface area contributed by atoms with E-state index in [1.54, 1.807) is 14.2 Å². The molecule has 0 unspecified atom stereocenters. The molecule has 0 atom stereocenters. The van der Waals surface area contributed by atoms with Gasteiger partial charge in [0, 0.05) is 39.5 Å². The van der Waals surface area contributed by atoms with Crippen LogP contribution in [0.1, 0.15) is 5.56 Å². The van der Waals surface area contributed by atoms with Crippen molar-refractivity contribution < 1.29 is 9.47 Å². The predicted octanol–water partition coefficient (Wildman–Crippen LogP) is 1.41. The topological polar surface area (TPSA) is 47.7 Å². The van der Waals surface area contributed by atoms with Crippen LogP contribution in [0, 0.1) is 0 Å². The average molecular weight is 252 g/mol. The Morgan fingerprint density at radius 3 is 2.17 bits per heavy atom. The lowest BCUT2D eigenvalue weighted by Gasteiger charge is -2.21. The van der Waals surface area contributed by atoms with Crippen molar-refractivity contribution in [2.75, 3.05) is 52.8 Å². The summed E-state index contributed by atoms with van der Waals surface area (Å²) >= 11 is 0. The molecule has 1 aromatic carbocycles. The third-order valence-corrected chi connectivity index (χ3v) is 2.98. The Bertz CT molecular complexity index is 323. The third-order valence-electron chi connectivity index (χ3n) is 2.98. The van der Waals surface area contributed by atoms with Gasteiger partial charge in [0.1, 0.15) is 0 Å². The van der Waals surface area contributed by atoms with Gasteiger partial charge in [0.15, 0.2) is 0 Å². The highest BCUT2D eigenvalue weighted by atomic mass is 16.5. The third kappa shape index (κ3) is 5.49. The van der Waals surface area contributed by atoms with E-state index in [4.69, 9.17) is 15.2 Å². The normalized spacial score (nSPS) is 11.1. The summed E-state index contributed by atoms with van der Waals surface area (Å²) in [5, 5.41) is 0. The summed E-state index contributed by atoms with van der Waals surface area (Å²) < 4.78 is 10.2. The van der Waals surface area contributed by atoms with Gasteiger partial charge in [-0.25, -0.2) is 0 Å². The number of nitrogens with zero attached hydrogens (tertiary/aromatic N) is 1. The molecule has 2 N–H and O–H groups in total. The van der Waals surface area contributed by atoms with Crippen LogP contribution in [0.5, 0.6) is 0 Å². The Morgan fingerprint density at radius 1 is 1.00 bits per heavy atom. The lowest BCUT2D eigenvalue weighted by molar-refractivity contribution is 0.115. The van der Waals surface area contributed by atoms with E-state index in [-0.39, 0.29) is 0 Å². The van der Waals surface area contributed by atoms with Crippen LogP contribution in [0.15, 0.2) is 24.3 Å². The van der Waals surface area contributed by atoms with Crippen molar-refractivity contribution in [3.8, 4) is 0 Å². The summed E-state index contributed by atoms with van der Waals surface area (Å²) in [6.07, 6.45) is 0.958. The first kappa shape index (κ1) is 15.0. The van der Waals surface area contributed by atoms with Crippen LogP contribution in [0.2, 0.25) is 0 Å². The standard InChI is InChI=1S/C14H24N2O2/c1-17-11-9-16(10-12-18-2)8-7-13-5-3-4-6-14(13)15/h3-6H,7-12,15H2,1-2H3. The molecular formula is C14H24N2O2. The monoisotopic (exact) mass is 252 g/mol. The fourth-order valence-electron chi connectivity index (χ4n) is 1.82. The van der Waals surface area contributed by atoms with Crippen molar-refractivity contribution in [2.24, 2.45) is 0 Å². The highest BCUT2D eigenvalue weighted by Crippen LogP contribution is 2.11. The van der Waals surface area contributed by atoms with E-state index in [2.05, 4.69) is 11.0 Å². The second-order valence-electron chi connectivity index (χ2n) is 4.28. The average Bonchev–Trinajstić information content (AvgIpc) is 2.39. The van der Waals surface area contributed by atoms with Crippen molar-refractivity contribution in [1.82, 2.24) is 4.90 Å². The summed E-state index contributed by atoms with van der Waals surface area (Å²) in [4.78, 5) is 2.33. The second kappa shape index (κ2) is 8.91. The minimum Gasteiger partial charge on any atom is -0.399 e. The van der Waals surface area contributed by atoms with Gasteiger partial charge in [-0.15, -0.1) is 0 Å². The first-order chi connectivity index (χ1) is 8.77. The van der Waals surface area contributed by atoms with Gasteiger partial charge in [0.2, 0.25) is 0 Å². The van der Waals surface area contributed by atoms with Gasteiger partial charge in [-0.05, 0) is 18.1 Å². The van der Waals surface area contributed by atoms with Crippen molar-refractivity contribution >= 4 is 5.69 Å². The van der Waals surface area contributed by atoms with Crippen LogP contribution in [0.4, 0.5) is 5.69 Å². The number of ether oxygens (including phenoxy) is 2. The molecule has 0 heterocycles. The smallest absolute Gasteiger partial charge is 0.0589 e. The van der Waals surface area contributed by atoms with Gasteiger partial charge in [-0.2, -0.15) is 0 Å². The Balaban J connectivity index is 2.42. The van der Waals surface area contributed by atoms with Gasteiger partial charge in [-0.3, -0.25) is 4.90 Å². The summed E-state index contributed by atoms with van der Waals surface area (Å²) in [7, 11) is 3.45. The van der Waals surface area contributed by atoms with E-state index >= 15 is 0 Å². The van der Waals surface area contributed by atoms with Crippen LogP contribution in [0.25, 0.3) is 0 Å². The molecule has 0 aliphatic rings. The maximum atomic E-state index is 5.94. The molecule has 4 heteroatoms. The maximum Gasteiger partial charge on any atom is 0.0589 e. The second-order valence-corrected chi connectivity index (χ2v) is 4.28. The Kier molecular flexibility index (Phi) is 7.41. The Hall–Kier alpha value is -1.10. The van der Waals surface area contributed by atoms with Gasteiger partial charge < -0.3 is 15.2 Å². The number of anilines is 1. The molecule has 0 radical (unpaired) electrons. The van der Waals surface area contributed by atoms with Crippen LogP contribution in [-0.2, 0) is 15.9 Å². The summed E-state index contributed by atoms with van der Waals surface area (Å²) in [6, 6.07) is 8.02. The zero-order chi connectivity index (χ0) is 13.2. The number of para-hydroxylation sites is 1. The fraction of sp³-hybridized carbons (Fsp3) is 0.571. The van der Waals surface area contributed by atoms with E-state index in [1.807, 2.05) is 18.2 Å². The molecule has 1 rings (SSSR count). The number of nitrogen functional groups attached to an aromatic ring is 1. The maximum absolute atomic E-state index is 5.94. The molecule has 1 aromatic rings. The first-order valence-electron chi connectivity index (χ1n) is 6.31. The minimum absolute atomic E-state index is 0.744. The largest absolute Gasteiger partial charge is 0.399 e. The molecule has 102 valence electrons. The number of rotatable bonds is 9. The number of hydrogen-bond donors (Lipinski definition) is 1. The number of nitrogens with two attached hydrogens (primary N) is 1. The zero-order valence-electron chi connectivity index (χ0n) is 11.4. The highest BCUT2D eigenvalue weighted by molar-refractivity contribution is 5.46. The van der Waals surface area contributed by atoms with Crippen LogP contribution < -0.4 is 5.73 Å². The summed E-state index contributed by atoms with van der Waals surface area (Å²) in [5.74, 6) is 0. The highest BCUT2D eigenvalue weighted by Gasteiger charge is 2.06. The lowest BCUT2D eigenvalue weighted by Crippen LogP contribution is -2.32. The van der Waals surface area contributed by atoms with Crippen LogP contribution in [0.3, 0.4) is 0 Å². The van der Waals surface area contributed by atoms with Gasteiger partial charge >= 0.3 is 0 Å². The van der Waals surface area contributed by atoms with Crippen molar-refractivity contribution in [2.45, 2.75) is 6.42 Å². The number of methoxy groups -OCH3 is 2. The van der Waals surface area contributed by atoms with E-state index in [1.165, 1.54) is 5.56 Å². The van der Waals surface area contributed by atoms with E-state index in [0.29, 0.717) is 0 Å². The lowest BCUT2D eigenvalue weighted by atomic mass is 10.1. The van der Waals surface area contributed by atoms with E-state index in [0.717, 1.165) is 45.0 Å². The molecular weight excluding hydrogens is 228 g/mol. The predicted molar refractivity (Wildman–Crippen MR) is 74.8 cm³/mol.